The molecule has 1 fully saturated rings. The quantitative estimate of drug-likeness (QED) is 0.561. The van der Waals surface area contributed by atoms with E-state index >= 15 is 0 Å². The first-order chi connectivity index (χ1) is 16.1. The van der Waals surface area contributed by atoms with Gasteiger partial charge in [0.05, 0.1) is 22.2 Å². The van der Waals surface area contributed by atoms with E-state index in [9.17, 15) is 13.2 Å². The number of pyridine rings is 2. The fourth-order valence-electron chi connectivity index (χ4n) is 4.69. The third-order valence-electron chi connectivity index (χ3n) is 6.39. The first kappa shape index (κ1) is 21.6. The summed E-state index contributed by atoms with van der Waals surface area (Å²) in [6.07, 6.45) is 6.60. The second-order valence-corrected chi connectivity index (χ2v) is 9.61. The van der Waals surface area contributed by atoms with Crippen LogP contribution < -0.4 is 10.2 Å². The fraction of sp³-hybridized carbons (Fsp3) is 0.320. The van der Waals surface area contributed by atoms with Crippen molar-refractivity contribution in [1.29, 1.82) is 0 Å². The maximum absolute atomic E-state index is 13.3. The lowest BCUT2D eigenvalue weighted by Crippen LogP contribution is -2.26. The van der Waals surface area contributed by atoms with Crippen molar-refractivity contribution in [3.63, 3.8) is 0 Å². The SMILES string of the molecule is O=C(Nc1ccnc(N2CCCC2)c1)C1CCCc2ccc(-c3cccc([SH](=O)=O)c3)nc21. The fourth-order valence-corrected chi connectivity index (χ4v) is 5.14. The Labute approximate surface area is 194 Å². The Morgan fingerprint density at radius 1 is 1.03 bits per heavy atom. The Balaban J connectivity index is 1.41. The molecule has 1 aliphatic heterocycles. The molecule has 0 bridgehead atoms. The average Bonchev–Trinajstić information content (AvgIpc) is 3.39. The first-order valence-corrected chi connectivity index (χ1v) is 12.5. The zero-order chi connectivity index (χ0) is 22.8. The largest absolute Gasteiger partial charge is 0.357 e. The summed E-state index contributed by atoms with van der Waals surface area (Å²) >= 11 is 0. The number of thiol groups is 1. The van der Waals surface area contributed by atoms with Crippen molar-refractivity contribution in [3.8, 4) is 11.3 Å². The topological polar surface area (TPSA) is 92.3 Å². The molecule has 3 heterocycles. The van der Waals surface area contributed by atoms with E-state index in [1.54, 1.807) is 24.4 Å². The number of carbonyl (C=O) groups excluding carboxylic acids is 1. The van der Waals surface area contributed by atoms with Gasteiger partial charge in [0.1, 0.15) is 5.82 Å². The lowest BCUT2D eigenvalue weighted by Gasteiger charge is -2.24. The molecule has 1 aliphatic carbocycles. The number of rotatable bonds is 5. The van der Waals surface area contributed by atoms with Crippen LogP contribution in [0.4, 0.5) is 11.5 Å². The molecule has 1 saturated heterocycles. The smallest absolute Gasteiger partial charge is 0.233 e. The molecule has 1 unspecified atom stereocenters. The van der Waals surface area contributed by atoms with Crippen LogP contribution >= 0.6 is 0 Å². The third kappa shape index (κ3) is 4.61. The molecule has 3 aromatic rings. The molecule has 0 spiro atoms. The number of amides is 1. The van der Waals surface area contributed by atoms with Crippen LogP contribution in [0.5, 0.6) is 0 Å². The van der Waals surface area contributed by atoms with Crippen LogP contribution in [-0.4, -0.2) is 37.4 Å². The van der Waals surface area contributed by atoms with Gasteiger partial charge in [-0.15, -0.1) is 0 Å². The summed E-state index contributed by atoms with van der Waals surface area (Å²) in [5, 5.41) is 3.07. The average molecular weight is 463 g/mol. The molecule has 170 valence electrons. The summed E-state index contributed by atoms with van der Waals surface area (Å²) in [4.78, 5) is 25.1. The molecule has 2 aliphatic rings. The molecule has 1 aromatic carbocycles. The molecule has 2 aromatic heterocycles. The van der Waals surface area contributed by atoms with E-state index in [-0.39, 0.29) is 16.7 Å². The molecule has 1 atom stereocenters. The van der Waals surface area contributed by atoms with E-state index in [1.807, 2.05) is 30.3 Å². The van der Waals surface area contributed by atoms with Crippen LogP contribution in [-0.2, 0) is 21.9 Å². The molecule has 8 heteroatoms. The van der Waals surface area contributed by atoms with Gasteiger partial charge < -0.3 is 10.2 Å². The molecule has 7 nitrogen and oxygen atoms in total. The summed E-state index contributed by atoms with van der Waals surface area (Å²) < 4.78 is 22.8. The van der Waals surface area contributed by atoms with Crippen molar-refractivity contribution in [2.75, 3.05) is 23.3 Å². The van der Waals surface area contributed by atoms with Crippen LogP contribution in [0.3, 0.4) is 0 Å². The number of anilines is 2. The lowest BCUT2D eigenvalue weighted by molar-refractivity contribution is -0.118. The zero-order valence-electron chi connectivity index (χ0n) is 18.2. The van der Waals surface area contributed by atoms with Gasteiger partial charge in [-0.1, -0.05) is 18.2 Å². The van der Waals surface area contributed by atoms with Gasteiger partial charge in [-0.05, 0) is 61.9 Å². The Bertz CT molecular complexity index is 1260. The Hall–Kier alpha value is -3.26. The molecule has 5 rings (SSSR count). The van der Waals surface area contributed by atoms with E-state index in [4.69, 9.17) is 4.98 Å². The summed E-state index contributed by atoms with van der Waals surface area (Å²) in [6, 6.07) is 14.4. The highest BCUT2D eigenvalue weighted by Gasteiger charge is 2.29. The molecule has 1 amide bonds. The van der Waals surface area contributed by atoms with Crippen molar-refractivity contribution >= 4 is 28.1 Å². The highest BCUT2D eigenvalue weighted by atomic mass is 32.2. The van der Waals surface area contributed by atoms with Gasteiger partial charge in [0, 0.05) is 36.6 Å². The van der Waals surface area contributed by atoms with E-state index in [0.717, 1.165) is 60.7 Å². The van der Waals surface area contributed by atoms with Gasteiger partial charge in [0.15, 0.2) is 10.7 Å². The van der Waals surface area contributed by atoms with Crippen molar-refractivity contribution in [2.24, 2.45) is 0 Å². The second kappa shape index (κ2) is 9.31. The van der Waals surface area contributed by atoms with Gasteiger partial charge in [-0.3, -0.25) is 9.78 Å². The standard InChI is InChI=1S/C25H26N4O3S/c30-25(27-19-11-12-26-23(16-19)29-13-1-2-14-29)21-8-4-5-17-9-10-22(28-24(17)21)18-6-3-7-20(15-18)33(31)32/h3,6-7,9-12,15-16,21,33H,1-2,4-5,8,13-14H2,(H,26,27,30). The van der Waals surface area contributed by atoms with Gasteiger partial charge in [0.2, 0.25) is 5.91 Å². The minimum atomic E-state index is -2.67. The summed E-state index contributed by atoms with van der Waals surface area (Å²) in [5.74, 6) is 0.471. The Morgan fingerprint density at radius 2 is 1.88 bits per heavy atom. The Kier molecular flexibility index (Phi) is 6.09. The number of benzene rings is 1. The summed E-state index contributed by atoms with van der Waals surface area (Å²) in [6.45, 7) is 1.99. The number of aryl methyl sites for hydroxylation is 1. The van der Waals surface area contributed by atoms with Crippen LogP contribution in [0.25, 0.3) is 11.3 Å². The number of carbonyl (C=O) groups is 1. The first-order valence-electron chi connectivity index (χ1n) is 11.3. The number of nitrogens with zero attached hydrogens (tertiary/aromatic N) is 3. The monoisotopic (exact) mass is 462 g/mol. The van der Waals surface area contributed by atoms with E-state index in [0.29, 0.717) is 5.69 Å². The number of hydrogen-bond donors (Lipinski definition) is 2. The van der Waals surface area contributed by atoms with Crippen LogP contribution in [0, 0.1) is 0 Å². The highest BCUT2D eigenvalue weighted by molar-refractivity contribution is 7.72. The van der Waals surface area contributed by atoms with E-state index < -0.39 is 10.7 Å². The van der Waals surface area contributed by atoms with Crippen molar-refractivity contribution < 1.29 is 13.2 Å². The van der Waals surface area contributed by atoms with E-state index in [1.165, 1.54) is 12.8 Å². The minimum Gasteiger partial charge on any atom is -0.357 e. The summed E-state index contributed by atoms with van der Waals surface area (Å²) in [7, 11) is -2.67. The number of fused-ring (bicyclic) bond motifs is 1. The predicted molar refractivity (Wildman–Crippen MR) is 128 cm³/mol. The van der Waals surface area contributed by atoms with Crippen molar-refractivity contribution in [1.82, 2.24) is 9.97 Å². The second-order valence-electron chi connectivity index (χ2n) is 8.58. The van der Waals surface area contributed by atoms with Crippen molar-refractivity contribution in [3.05, 3.63) is 66.0 Å². The third-order valence-corrected chi connectivity index (χ3v) is 7.09. The number of hydrogen-bond acceptors (Lipinski definition) is 6. The molecule has 0 radical (unpaired) electrons. The maximum Gasteiger partial charge on any atom is 0.233 e. The number of aromatic nitrogens is 2. The van der Waals surface area contributed by atoms with E-state index in [2.05, 4.69) is 15.2 Å². The molecular weight excluding hydrogens is 436 g/mol. The van der Waals surface area contributed by atoms with Gasteiger partial charge in [-0.2, -0.15) is 0 Å². The van der Waals surface area contributed by atoms with Crippen LogP contribution in [0.2, 0.25) is 0 Å². The highest BCUT2D eigenvalue weighted by Crippen LogP contribution is 2.33. The molecule has 0 saturated carbocycles. The van der Waals surface area contributed by atoms with Crippen LogP contribution in [0.1, 0.15) is 42.9 Å². The van der Waals surface area contributed by atoms with Crippen molar-refractivity contribution in [2.45, 2.75) is 42.9 Å². The normalized spacial score (nSPS) is 17.7. The molecular formula is C25H26N4O3S. The molecule has 1 N–H and O–H groups in total. The zero-order valence-corrected chi connectivity index (χ0v) is 19.1. The minimum absolute atomic E-state index is 0.0736. The predicted octanol–water partition coefficient (Wildman–Crippen LogP) is 3.77. The lowest BCUT2D eigenvalue weighted by atomic mass is 9.85. The van der Waals surface area contributed by atoms with Gasteiger partial charge in [0.25, 0.3) is 0 Å². The maximum atomic E-state index is 13.3. The molecule has 33 heavy (non-hydrogen) atoms. The summed E-state index contributed by atoms with van der Waals surface area (Å²) in [5.41, 5.74) is 3.99. The van der Waals surface area contributed by atoms with Gasteiger partial charge in [-0.25, -0.2) is 13.4 Å². The van der Waals surface area contributed by atoms with Crippen LogP contribution in [0.15, 0.2) is 59.6 Å². The Morgan fingerprint density at radius 3 is 2.70 bits per heavy atom. The number of nitrogens with one attached hydrogen (secondary N) is 1. The van der Waals surface area contributed by atoms with Gasteiger partial charge >= 0.3 is 0 Å².